The van der Waals surface area contributed by atoms with Gasteiger partial charge in [-0.3, -0.25) is 4.79 Å². The van der Waals surface area contributed by atoms with Gasteiger partial charge in [0.15, 0.2) is 0 Å². The van der Waals surface area contributed by atoms with E-state index in [0.717, 1.165) is 28.1 Å². The Morgan fingerprint density at radius 2 is 2.10 bits per heavy atom. The molecule has 2 aromatic rings. The van der Waals surface area contributed by atoms with E-state index in [1.165, 1.54) is 0 Å². The van der Waals surface area contributed by atoms with Crippen LogP contribution >= 0.6 is 0 Å². The number of hydrogen-bond acceptors (Lipinski definition) is 2. The van der Waals surface area contributed by atoms with Gasteiger partial charge in [-0.15, -0.1) is 6.42 Å². The first-order valence-corrected chi connectivity index (χ1v) is 6.42. The molecule has 0 aromatic heterocycles. The Kier molecular flexibility index (Phi) is 2.92. The highest BCUT2D eigenvalue weighted by molar-refractivity contribution is 6.04. The molecule has 1 atom stereocenters. The summed E-state index contributed by atoms with van der Waals surface area (Å²) in [7, 11) is 0. The molecular weight excluding hydrogens is 248 g/mol. The van der Waals surface area contributed by atoms with Gasteiger partial charge in [0.2, 0.25) is 0 Å². The van der Waals surface area contributed by atoms with Gasteiger partial charge < -0.3 is 10.6 Å². The zero-order valence-electron chi connectivity index (χ0n) is 11.1. The molecule has 1 aliphatic heterocycles. The number of fused-ring (bicyclic) bond motifs is 1. The molecule has 0 saturated heterocycles. The average Bonchev–Trinajstić information content (AvgIpc) is 2.75. The summed E-state index contributed by atoms with van der Waals surface area (Å²) in [5.74, 6) is 2.55. The van der Waals surface area contributed by atoms with Crippen LogP contribution in [0.2, 0.25) is 0 Å². The maximum absolute atomic E-state index is 12.1. The van der Waals surface area contributed by atoms with E-state index in [9.17, 15) is 4.79 Å². The Labute approximate surface area is 118 Å². The second-order valence-corrected chi connectivity index (χ2v) is 4.88. The first-order chi connectivity index (χ1) is 9.67. The first-order valence-electron chi connectivity index (χ1n) is 6.42. The molecule has 0 fully saturated rings. The lowest BCUT2D eigenvalue weighted by atomic mass is 10.0. The molecule has 2 N–H and O–H groups in total. The van der Waals surface area contributed by atoms with Crippen molar-refractivity contribution in [2.45, 2.75) is 13.0 Å². The standard InChI is InChI=1S/C17H14N2O/c1-3-12-5-4-6-13(10-12)18-16-14-9-11(2)7-8-15(14)19-17(16)20/h1,4-10,16,18H,2H3,(H,19,20). The fourth-order valence-corrected chi connectivity index (χ4v) is 2.39. The molecule has 0 aliphatic carbocycles. The van der Waals surface area contributed by atoms with Crippen LogP contribution in [0.1, 0.15) is 22.7 Å². The highest BCUT2D eigenvalue weighted by atomic mass is 16.2. The van der Waals surface area contributed by atoms with Crippen molar-refractivity contribution in [2.24, 2.45) is 0 Å². The van der Waals surface area contributed by atoms with Crippen molar-refractivity contribution < 1.29 is 4.79 Å². The number of aryl methyl sites for hydroxylation is 1. The summed E-state index contributed by atoms with van der Waals surface area (Å²) in [6, 6.07) is 13.1. The molecule has 1 unspecified atom stereocenters. The molecule has 0 radical (unpaired) electrons. The number of terminal acetylenes is 1. The van der Waals surface area contributed by atoms with Crippen LogP contribution in [0.15, 0.2) is 42.5 Å². The zero-order chi connectivity index (χ0) is 14.1. The number of carbonyl (C=O) groups is 1. The number of benzene rings is 2. The normalized spacial score (nSPS) is 16.2. The van der Waals surface area contributed by atoms with Crippen LogP contribution in [0.5, 0.6) is 0 Å². The number of hydrogen-bond donors (Lipinski definition) is 2. The van der Waals surface area contributed by atoms with Crippen LogP contribution in [-0.4, -0.2) is 5.91 Å². The molecule has 1 amide bonds. The number of rotatable bonds is 2. The summed E-state index contributed by atoms with van der Waals surface area (Å²) in [5, 5.41) is 6.12. The van der Waals surface area contributed by atoms with Crippen LogP contribution in [0.4, 0.5) is 11.4 Å². The van der Waals surface area contributed by atoms with Crippen molar-refractivity contribution in [2.75, 3.05) is 10.6 Å². The summed E-state index contributed by atoms with van der Waals surface area (Å²) < 4.78 is 0. The van der Waals surface area contributed by atoms with E-state index in [0.29, 0.717) is 0 Å². The summed E-state index contributed by atoms with van der Waals surface area (Å²) in [5.41, 5.74) is 4.60. The van der Waals surface area contributed by atoms with Gasteiger partial charge in [0.25, 0.3) is 5.91 Å². The predicted octanol–water partition coefficient (Wildman–Crippen LogP) is 3.08. The van der Waals surface area contributed by atoms with Crippen LogP contribution in [0.3, 0.4) is 0 Å². The molecule has 20 heavy (non-hydrogen) atoms. The highest BCUT2D eigenvalue weighted by Gasteiger charge is 2.30. The van der Waals surface area contributed by atoms with Gasteiger partial charge in [0, 0.05) is 22.5 Å². The van der Waals surface area contributed by atoms with E-state index < -0.39 is 0 Å². The minimum absolute atomic E-state index is 0.0447. The molecule has 1 aliphatic rings. The maximum atomic E-state index is 12.1. The van der Waals surface area contributed by atoms with E-state index >= 15 is 0 Å². The van der Waals surface area contributed by atoms with Gasteiger partial charge >= 0.3 is 0 Å². The Hall–Kier alpha value is -2.73. The predicted molar refractivity (Wildman–Crippen MR) is 80.5 cm³/mol. The fraction of sp³-hybridized carbons (Fsp3) is 0.118. The minimum Gasteiger partial charge on any atom is -0.370 e. The van der Waals surface area contributed by atoms with Crippen molar-refractivity contribution in [1.29, 1.82) is 0 Å². The van der Waals surface area contributed by atoms with E-state index in [4.69, 9.17) is 6.42 Å². The quantitative estimate of drug-likeness (QED) is 0.817. The van der Waals surface area contributed by atoms with Crippen molar-refractivity contribution in [1.82, 2.24) is 0 Å². The summed E-state index contributed by atoms with van der Waals surface area (Å²) in [4.78, 5) is 12.1. The maximum Gasteiger partial charge on any atom is 0.251 e. The highest BCUT2D eigenvalue weighted by Crippen LogP contribution is 2.33. The van der Waals surface area contributed by atoms with Crippen molar-refractivity contribution in [3.63, 3.8) is 0 Å². The molecule has 0 saturated carbocycles. The largest absolute Gasteiger partial charge is 0.370 e. The van der Waals surface area contributed by atoms with Gasteiger partial charge in [-0.2, -0.15) is 0 Å². The molecule has 3 rings (SSSR count). The Balaban J connectivity index is 1.94. The van der Waals surface area contributed by atoms with Crippen LogP contribution in [-0.2, 0) is 4.79 Å². The third kappa shape index (κ3) is 2.12. The van der Waals surface area contributed by atoms with E-state index in [-0.39, 0.29) is 11.9 Å². The second kappa shape index (κ2) is 4.75. The van der Waals surface area contributed by atoms with Gasteiger partial charge in [-0.05, 0) is 31.2 Å². The van der Waals surface area contributed by atoms with E-state index in [1.54, 1.807) is 0 Å². The molecule has 2 aromatic carbocycles. The molecule has 1 heterocycles. The number of carbonyl (C=O) groups excluding carboxylic acids is 1. The Morgan fingerprint density at radius 1 is 1.25 bits per heavy atom. The number of anilines is 2. The van der Waals surface area contributed by atoms with Crippen LogP contribution in [0, 0.1) is 19.3 Å². The van der Waals surface area contributed by atoms with E-state index in [2.05, 4.69) is 16.6 Å². The number of amides is 1. The molecule has 0 bridgehead atoms. The second-order valence-electron chi connectivity index (χ2n) is 4.88. The summed E-state index contributed by atoms with van der Waals surface area (Å²) in [6.45, 7) is 2.01. The lowest BCUT2D eigenvalue weighted by molar-refractivity contribution is -0.116. The van der Waals surface area contributed by atoms with Gasteiger partial charge in [0.05, 0.1) is 0 Å². The fourth-order valence-electron chi connectivity index (χ4n) is 2.39. The Bertz CT molecular complexity index is 728. The Morgan fingerprint density at radius 3 is 2.90 bits per heavy atom. The smallest absolute Gasteiger partial charge is 0.251 e. The average molecular weight is 262 g/mol. The van der Waals surface area contributed by atoms with Gasteiger partial charge in [0.1, 0.15) is 6.04 Å². The third-order valence-electron chi connectivity index (χ3n) is 3.38. The first kappa shape index (κ1) is 12.3. The number of nitrogens with one attached hydrogen (secondary N) is 2. The van der Waals surface area contributed by atoms with Crippen molar-refractivity contribution in [3.8, 4) is 12.3 Å². The third-order valence-corrected chi connectivity index (χ3v) is 3.38. The molecule has 3 heteroatoms. The minimum atomic E-state index is -0.377. The van der Waals surface area contributed by atoms with Gasteiger partial charge in [-0.25, -0.2) is 0 Å². The van der Waals surface area contributed by atoms with Crippen LogP contribution < -0.4 is 10.6 Å². The van der Waals surface area contributed by atoms with Crippen molar-refractivity contribution >= 4 is 17.3 Å². The lowest BCUT2D eigenvalue weighted by Gasteiger charge is -2.13. The zero-order valence-corrected chi connectivity index (χ0v) is 11.1. The SMILES string of the molecule is C#Cc1cccc(NC2C(=O)Nc3ccc(C)cc32)c1. The summed E-state index contributed by atoms with van der Waals surface area (Å²) in [6.07, 6.45) is 5.39. The van der Waals surface area contributed by atoms with Crippen LogP contribution in [0.25, 0.3) is 0 Å². The molecular formula is C17H14N2O. The molecule has 98 valence electrons. The van der Waals surface area contributed by atoms with Crippen molar-refractivity contribution in [3.05, 3.63) is 59.2 Å². The summed E-state index contributed by atoms with van der Waals surface area (Å²) >= 11 is 0. The molecule has 3 nitrogen and oxygen atoms in total. The van der Waals surface area contributed by atoms with Gasteiger partial charge in [-0.1, -0.05) is 29.7 Å². The monoisotopic (exact) mass is 262 g/mol. The van der Waals surface area contributed by atoms with E-state index in [1.807, 2.05) is 49.4 Å². The lowest BCUT2D eigenvalue weighted by Crippen LogP contribution is -2.19. The topological polar surface area (TPSA) is 41.1 Å². The molecule has 0 spiro atoms.